The maximum Gasteiger partial charge on any atom is 0.232 e. The molecule has 5 heteroatoms. The number of aromatic nitrogens is 2. The highest BCUT2D eigenvalue weighted by atomic mass is 16.5. The van der Waals surface area contributed by atoms with Crippen LogP contribution in [0.15, 0.2) is 22.7 Å². The average Bonchev–Trinajstić information content (AvgIpc) is 3.25. The van der Waals surface area contributed by atoms with Crippen LogP contribution in [0.4, 0.5) is 0 Å². The Bertz CT molecular complexity index is 680. The Morgan fingerprint density at radius 1 is 1.23 bits per heavy atom. The molecule has 0 unspecified atom stereocenters. The predicted molar refractivity (Wildman–Crippen MR) is 80.9 cm³/mol. The molecule has 1 fully saturated rings. The fourth-order valence-corrected chi connectivity index (χ4v) is 3.36. The second kappa shape index (κ2) is 5.39. The van der Waals surface area contributed by atoms with Crippen LogP contribution in [0.1, 0.15) is 37.6 Å². The van der Waals surface area contributed by atoms with Crippen LogP contribution in [0.25, 0.3) is 11.4 Å². The summed E-state index contributed by atoms with van der Waals surface area (Å²) in [5, 5.41) is 4.17. The van der Waals surface area contributed by atoms with Crippen molar-refractivity contribution in [3.63, 3.8) is 0 Å². The molecule has 4 rings (SSSR count). The molecule has 116 valence electrons. The van der Waals surface area contributed by atoms with E-state index in [9.17, 15) is 0 Å². The van der Waals surface area contributed by atoms with Gasteiger partial charge in [0, 0.05) is 18.6 Å². The normalized spacial score (nSPS) is 23.8. The van der Waals surface area contributed by atoms with Crippen LogP contribution < -0.4 is 4.74 Å². The van der Waals surface area contributed by atoms with Crippen LogP contribution in [0.3, 0.4) is 0 Å². The summed E-state index contributed by atoms with van der Waals surface area (Å²) in [5.41, 5.74) is 2.20. The molecule has 0 N–H and O–H groups in total. The van der Waals surface area contributed by atoms with Gasteiger partial charge >= 0.3 is 0 Å². The highest BCUT2D eigenvalue weighted by Gasteiger charge is 2.36. The van der Waals surface area contributed by atoms with Crippen molar-refractivity contribution >= 4 is 0 Å². The third-order valence-corrected chi connectivity index (χ3v) is 4.50. The number of nitrogens with zero attached hydrogens (tertiary/aromatic N) is 2. The largest absolute Gasteiger partial charge is 0.493 e. The maximum absolute atomic E-state index is 5.81. The van der Waals surface area contributed by atoms with E-state index < -0.39 is 0 Å². The number of fused-ring (bicyclic) bond motifs is 1. The highest BCUT2D eigenvalue weighted by molar-refractivity contribution is 5.59. The molecule has 2 aliphatic heterocycles. The van der Waals surface area contributed by atoms with Crippen molar-refractivity contribution < 1.29 is 14.0 Å². The number of benzene rings is 1. The van der Waals surface area contributed by atoms with Gasteiger partial charge < -0.3 is 14.0 Å². The molecule has 0 amide bonds. The van der Waals surface area contributed by atoms with Gasteiger partial charge in [0.1, 0.15) is 5.75 Å². The van der Waals surface area contributed by atoms with Crippen molar-refractivity contribution in [1.29, 1.82) is 0 Å². The number of hydrogen-bond donors (Lipinski definition) is 0. The number of ether oxygens (including phenoxy) is 2. The van der Waals surface area contributed by atoms with Crippen LogP contribution in [0.2, 0.25) is 0 Å². The van der Waals surface area contributed by atoms with E-state index in [1.807, 2.05) is 12.1 Å². The molecule has 2 aromatic rings. The molecule has 0 saturated carbocycles. The third kappa shape index (κ3) is 2.29. The summed E-state index contributed by atoms with van der Waals surface area (Å²) in [5.74, 6) is 2.97. The molecule has 1 saturated heterocycles. The topological polar surface area (TPSA) is 57.4 Å². The average molecular weight is 300 g/mol. The van der Waals surface area contributed by atoms with Crippen molar-refractivity contribution in [3.8, 4) is 17.1 Å². The molecule has 0 radical (unpaired) electrons. The SMILES string of the molecule is CC(C)[C@@H]1OCC[C@H]1c1nc(-c2ccc3c(c2)CCO3)no1. The van der Waals surface area contributed by atoms with Gasteiger partial charge in [-0.2, -0.15) is 4.98 Å². The first kappa shape index (κ1) is 13.8. The van der Waals surface area contributed by atoms with E-state index in [1.54, 1.807) is 0 Å². The quantitative estimate of drug-likeness (QED) is 0.871. The molecular weight excluding hydrogens is 280 g/mol. The summed E-state index contributed by atoms with van der Waals surface area (Å²) >= 11 is 0. The van der Waals surface area contributed by atoms with Gasteiger partial charge in [0.05, 0.1) is 18.6 Å². The number of hydrogen-bond acceptors (Lipinski definition) is 5. The summed E-state index contributed by atoms with van der Waals surface area (Å²) < 4.78 is 16.9. The van der Waals surface area contributed by atoms with Crippen molar-refractivity contribution in [2.45, 2.75) is 38.7 Å². The van der Waals surface area contributed by atoms with Gasteiger partial charge in [0.25, 0.3) is 0 Å². The van der Waals surface area contributed by atoms with Gasteiger partial charge in [0.15, 0.2) is 0 Å². The Kier molecular flexibility index (Phi) is 3.37. The fourth-order valence-electron chi connectivity index (χ4n) is 3.36. The van der Waals surface area contributed by atoms with Gasteiger partial charge in [-0.25, -0.2) is 0 Å². The molecule has 1 aromatic carbocycles. The highest BCUT2D eigenvalue weighted by Crippen LogP contribution is 2.36. The molecule has 1 aromatic heterocycles. The summed E-state index contributed by atoms with van der Waals surface area (Å²) in [6.07, 6.45) is 2.06. The zero-order chi connectivity index (χ0) is 15.1. The lowest BCUT2D eigenvalue weighted by molar-refractivity contribution is 0.0627. The van der Waals surface area contributed by atoms with Gasteiger partial charge in [-0.05, 0) is 36.1 Å². The Morgan fingerprint density at radius 2 is 2.14 bits per heavy atom. The lowest BCUT2D eigenvalue weighted by atomic mass is 9.93. The summed E-state index contributed by atoms with van der Waals surface area (Å²) in [6.45, 7) is 5.86. The van der Waals surface area contributed by atoms with Crippen LogP contribution in [0, 0.1) is 5.92 Å². The minimum Gasteiger partial charge on any atom is -0.493 e. The van der Waals surface area contributed by atoms with E-state index in [4.69, 9.17) is 14.0 Å². The van der Waals surface area contributed by atoms with Crippen LogP contribution in [-0.2, 0) is 11.2 Å². The Balaban J connectivity index is 1.61. The minimum atomic E-state index is 0.168. The molecule has 0 bridgehead atoms. The Morgan fingerprint density at radius 3 is 3.00 bits per heavy atom. The Labute approximate surface area is 129 Å². The molecule has 2 atom stereocenters. The lowest BCUT2D eigenvalue weighted by Crippen LogP contribution is -2.21. The molecule has 2 aliphatic rings. The lowest BCUT2D eigenvalue weighted by Gasteiger charge is -2.18. The van der Waals surface area contributed by atoms with Crippen molar-refractivity contribution in [3.05, 3.63) is 29.7 Å². The molecule has 0 aliphatic carbocycles. The van der Waals surface area contributed by atoms with Gasteiger partial charge in [-0.3, -0.25) is 0 Å². The summed E-state index contributed by atoms with van der Waals surface area (Å²) in [6, 6.07) is 6.08. The first-order chi connectivity index (χ1) is 10.7. The maximum atomic E-state index is 5.81. The fraction of sp³-hybridized carbons (Fsp3) is 0.529. The van der Waals surface area contributed by atoms with E-state index in [2.05, 4.69) is 30.1 Å². The van der Waals surface area contributed by atoms with Crippen molar-refractivity contribution in [2.75, 3.05) is 13.2 Å². The van der Waals surface area contributed by atoms with Crippen LogP contribution in [0.5, 0.6) is 5.75 Å². The molecule has 22 heavy (non-hydrogen) atoms. The smallest absolute Gasteiger partial charge is 0.232 e. The minimum absolute atomic E-state index is 0.168. The standard InChI is InChI=1S/C17H20N2O3/c1-10(2)15-13(6-8-21-15)17-18-16(19-22-17)12-3-4-14-11(9-12)5-7-20-14/h3-4,9-10,13,15H,5-8H2,1-2H3/t13-,15+/m1/s1. The van der Waals surface area contributed by atoms with E-state index in [0.29, 0.717) is 17.6 Å². The van der Waals surface area contributed by atoms with Gasteiger partial charge in [0.2, 0.25) is 11.7 Å². The van der Waals surface area contributed by atoms with Gasteiger partial charge in [-0.1, -0.05) is 19.0 Å². The zero-order valence-electron chi connectivity index (χ0n) is 12.9. The molecular formula is C17H20N2O3. The van der Waals surface area contributed by atoms with E-state index in [0.717, 1.165) is 37.4 Å². The van der Waals surface area contributed by atoms with Gasteiger partial charge in [-0.15, -0.1) is 0 Å². The monoisotopic (exact) mass is 300 g/mol. The van der Waals surface area contributed by atoms with Crippen LogP contribution in [-0.4, -0.2) is 29.5 Å². The van der Waals surface area contributed by atoms with E-state index >= 15 is 0 Å². The zero-order valence-corrected chi connectivity index (χ0v) is 12.9. The van der Waals surface area contributed by atoms with E-state index in [-0.39, 0.29) is 12.0 Å². The second-order valence-corrected chi connectivity index (χ2v) is 6.35. The Hall–Kier alpha value is -1.88. The van der Waals surface area contributed by atoms with Crippen molar-refractivity contribution in [1.82, 2.24) is 10.1 Å². The first-order valence-electron chi connectivity index (χ1n) is 7.93. The summed E-state index contributed by atoms with van der Waals surface area (Å²) in [7, 11) is 0. The summed E-state index contributed by atoms with van der Waals surface area (Å²) in [4.78, 5) is 4.62. The molecule has 0 spiro atoms. The van der Waals surface area contributed by atoms with E-state index in [1.165, 1.54) is 5.56 Å². The van der Waals surface area contributed by atoms with Crippen LogP contribution >= 0.6 is 0 Å². The second-order valence-electron chi connectivity index (χ2n) is 6.35. The predicted octanol–water partition coefficient (Wildman–Crippen LogP) is 3.20. The molecule has 3 heterocycles. The molecule has 5 nitrogen and oxygen atoms in total. The first-order valence-corrected chi connectivity index (χ1v) is 7.93. The van der Waals surface area contributed by atoms with Crippen molar-refractivity contribution in [2.24, 2.45) is 5.92 Å². The third-order valence-electron chi connectivity index (χ3n) is 4.50. The number of rotatable bonds is 3.